The van der Waals surface area contributed by atoms with Crippen molar-refractivity contribution in [3.8, 4) is 0 Å². The molecule has 3 N–H and O–H groups in total. The van der Waals surface area contributed by atoms with E-state index in [-0.39, 0.29) is 11.8 Å². The fraction of sp³-hybridized carbons (Fsp3) is 0.0870. The van der Waals surface area contributed by atoms with Gasteiger partial charge in [-0.1, -0.05) is 42.0 Å². The minimum atomic E-state index is -0.302. The predicted octanol–water partition coefficient (Wildman–Crippen LogP) is 4.05. The predicted molar refractivity (Wildman–Crippen MR) is 113 cm³/mol. The number of hydrogen-bond acceptors (Lipinski definition) is 3. The molecule has 0 aliphatic carbocycles. The van der Waals surface area contributed by atoms with Crippen molar-refractivity contribution in [1.82, 2.24) is 15.3 Å². The molecule has 0 aliphatic heterocycles. The number of carbonyl (C=O) groups is 2. The smallest absolute Gasteiger partial charge is 0.270 e. The number of pyridine rings is 1. The first kappa shape index (κ1) is 18.4. The molecule has 0 saturated heterocycles. The largest absolute Gasteiger partial charge is 0.349 e. The maximum atomic E-state index is 12.9. The van der Waals surface area contributed by atoms with Crippen LogP contribution in [0.1, 0.15) is 32.0 Å². The summed E-state index contributed by atoms with van der Waals surface area (Å²) in [7, 11) is 0. The molecule has 6 nitrogen and oxygen atoms in total. The summed E-state index contributed by atoms with van der Waals surface area (Å²) in [5.41, 5.74) is 4.05. The van der Waals surface area contributed by atoms with Gasteiger partial charge in [-0.2, -0.15) is 0 Å². The second-order valence-electron chi connectivity index (χ2n) is 6.78. The van der Waals surface area contributed by atoms with Crippen molar-refractivity contribution in [2.24, 2.45) is 0 Å². The lowest BCUT2D eigenvalue weighted by molar-refractivity contribution is 0.0947. The Morgan fingerprint density at radius 2 is 1.76 bits per heavy atom. The molecule has 144 valence electrons. The van der Waals surface area contributed by atoms with Crippen LogP contribution in [0.4, 0.5) is 5.69 Å². The molecule has 0 radical (unpaired) electrons. The first-order valence-electron chi connectivity index (χ1n) is 9.27. The number of aryl methyl sites for hydroxylation is 1. The van der Waals surface area contributed by atoms with Crippen molar-refractivity contribution in [3.63, 3.8) is 0 Å². The normalized spacial score (nSPS) is 10.7. The van der Waals surface area contributed by atoms with Crippen molar-refractivity contribution in [2.75, 3.05) is 5.32 Å². The second-order valence-corrected chi connectivity index (χ2v) is 6.78. The van der Waals surface area contributed by atoms with Gasteiger partial charge in [0.15, 0.2) is 0 Å². The number of hydrogen-bond donors (Lipinski definition) is 3. The van der Waals surface area contributed by atoms with E-state index < -0.39 is 0 Å². The third-order valence-electron chi connectivity index (χ3n) is 4.66. The third kappa shape index (κ3) is 4.01. The maximum absolute atomic E-state index is 12.9. The highest BCUT2D eigenvalue weighted by Gasteiger charge is 2.20. The number of benzene rings is 2. The fourth-order valence-electron chi connectivity index (χ4n) is 3.11. The molecule has 6 heteroatoms. The Morgan fingerprint density at radius 3 is 2.52 bits per heavy atom. The molecule has 2 aromatic carbocycles. The summed E-state index contributed by atoms with van der Waals surface area (Å²) in [6.45, 7) is 2.30. The first-order valence-corrected chi connectivity index (χ1v) is 9.27. The van der Waals surface area contributed by atoms with Crippen LogP contribution in [0.15, 0.2) is 73.1 Å². The zero-order valence-corrected chi connectivity index (χ0v) is 15.9. The molecule has 2 aromatic heterocycles. The number of nitrogens with zero attached hydrogens (tertiary/aromatic N) is 1. The van der Waals surface area contributed by atoms with Crippen LogP contribution < -0.4 is 10.6 Å². The summed E-state index contributed by atoms with van der Waals surface area (Å²) >= 11 is 0. The Hall–Kier alpha value is -3.93. The standard InChI is InChI=1S/C23H20N4O2/c1-15-8-10-17(11-9-15)22(28)27-20-18-6-2-3-7-19(18)26-21(20)23(29)25-14-16-5-4-12-24-13-16/h2-13,26H,14H2,1H3,(H,25,29)(H,27,28). The van der Waals surface area contributed by atoms with Gasteiger partial charge in [0.1, 0.15) is 5.69 Å². The van der Waals surface area contributed by atoms with E-state index in [2.05, 4.69) is 20.6 Å². The maximum Gasteiger partial charge on any atom is 0.270 e. The van der Waals surface area contributed by atoms with Gasteiger partial charge in [0.2, 0.25) is 0 Å². The molecule has 0 saturated carbocycles. The van der Waals surface area contributed by atoms with E-state index in [9.17, 15) is 9.59 Å². The summed E-state index contributed by atoms with van der Waals surface area (Å²) in [6, 6.07) is 18.5. The van der Waals surface area contributed by atoms with Gasteiger partial charge in [-0.05, 0) is 36.8 Å². The van der Waals surface area contributed by atoms with Gasteiger partial charge in [0.05, 0.1) is 5.69 Å². The third-order valence-corrected chi connectivity index (χ3v) is 4.66. The molecule has 4 aromatic rings. The highest BCUT2D eigenvalue weighted by molar-refractivity contribution is 6.15. The molecule has 0 atom stereocenters. The highest BCUT2D eigenvalue weighted by Crippen LogP contribution is 2.28. The summed E-state index contributed by atoms with van der Waals surface area (Å²) in [4.78, 5) is 32.8. The zero-order chi connectivity index (χ0) is 20.2. The lowest BCUT2D eigenvalue weighted by atomic mass is 10.1. The molecule has 0 fully saturated rings. The quantitative estimate of drug-likeness (QED) is 0.485. The van der Waals surface area contributed by atoms with Crippen LogP contribution in [0.3, 0.4) is 0 Å². The number of aromatic nitrogens is 2. The fourth-order valence-corrected chi connectivity index (χ4v) is 3.11. The van der Waals surface area contributed by atoms with Gasteiger partial charge < -0.3 is 15.6 Å². The van der Waals surface area contributed by atoms with Crippen molar-refractivity contribution in [1.29, 1.82) is 0 Å². The minimum absolute atomic E-state index is 0.268. The zero-order valence-electron chi connectivity index (χ0n) is 15.9. The Labute approximate surface area is 168 Å². The molecule has 0 unspecified atom stereocenters. The van der Waals surface area contributed by atoms with Crippen LogP contribution in [0, 0.1) is 6.92 Å². The Morgan fingerprint density at radius 1 is 0.966 bits per heavy atom. The van der Waals surface area contributed by atoms with Gasteiger partial charge in [0.25, 0.3) is 11.8 Å². The average molecular weight is 384 g/mol. The number of aromatic amines is 1. The number of nitrogens with one attached hydrogen (secondary N) is 3. The van der Waals surface area contributed by atoms with E-state index in [1.54, 1.807) is 24.5 Å². The average Bonchev–Trinajstić information content (AvgIpc) is 3.12. The van der Waals surface area contributed by atoms with Crippen LogP contribution in [0.5, 0.6) is 0 Å². The summed E-state index contributed by atoms with van der Waals surface area (Å²) in [6.07, 6.45) is 3.38. The van der Waals surface area contributed by atoms with Gasteiger partial charge in [-0.15, -0.1) is 0 Å². The SMILES string of the molecule is Cc1ccc(C(=O)Nc2c(C(=O)NCc3cccnc3)[nH]c3ccccc23)cc1. The first-order chi connectivity index (χ1) is 14.1. The molecule has 0 spiro atoms. The van der Waals surface area contributed by atoms with Crippen LogP contribution in [-0.4, -0.2) is 21.8 Å². The van der Waals surface area contributed by atoms with E-state index in [4.69, 9.17) is 0 Å². The van der Waals surface area contributed by atoms with E-state index in [0.29, 0.717) is 23.5 Å². The molecule has 4 rings (SSSR count). The Bertz CT molecular complexity index is 1160. The molecular weight excluding hydrogens is 364 g/mol. The van der Waals surface area contributed by atoms with Gasteiger partial charge in [-0.25, -0.2) is 0 Å². The Kier molecular flexibility index (Phi) is 5.07. The van der Waals surface area contributed by atoms with Crippen LogP contribution in [0.2, 0.25) is 0 Å². The Balaban J connectivity index is 1.62. The lowest BCUT2D eigenvalue weighted by Crippen LogP contribution is -2.25. The molecule has 29 heavy (non-hydrogen) atoms. The van der Waals surface area contributed by atoms with Crippen LogP contribution in [0.25, 0.3) is 10.9 Å². The molecule has 2 heterocycles. The van der Waals surface area contributed by atoms with E-state index in [0.717, 1.165) is 22.0 Å². The van der Waals surface area contributed by atoms with Crippen molar-refractivity contribution < 1.29 is 9.59 Å². The number of para-hydroxylation sites is 1. The van der Waals surface area contributed by atoms with E-state index in [1.165, 1.54) is 0 Å². The molecule has 0 bridgehead atoms. The highest BCUT2D eigenvalue weighted by atomic mass is 16.2. The van der Waals surface area contributed by atoms with Gasteiger partial charge >= 0.3 is 0 Å². The molecule has 2 amide bonds. The summed E-state index contributed by atoms with van der Waals surface area (Å²) < 4.78 is 0. The number of carbonyl (C=O) groups excluding carboxylic acids is 2. The van der Waals surface area contributed by atoms with Gasteiger partial charge in [-0.3, -0.25) is 14.6 Å². The van der Waals surface area contributed by atoms with Crippen molar-refractivity contribution >= 4 is 28.4 Å². The molecule has 0 aliphatic rings. The summed E-state index contributed by atoms with van der Waals surface area (Å²) in [5, 5.41) is 6.56. The monoisotopic (exact) mass is 384 g/mol. The number of rotatable bonds is 5. The van der Waals surface area contributed by atoms with Crippen LogP contribution >= 0.6 is 0 Å². The van der Waals surface area contributed by atoms with Crippen LogP contribution in [-0.2, 0) is 6.54 Å². The van der Waals surface area contributed by atoms with Gasteiger partial charge in [0, 0.05) is 35.4 Å². The second kappa shape index (κ2) is 7.98. The lowest BCUT2D eigenvalue weighted by Gasteiger charge is -2.09. The number of anilines is 1. The van der Waals surface area contributed by atoms with Crippen molar-refractivity contribution in [3.05, 3.63) is 95.4 Å². The number of H-pyrrole nitrogens is 1. The topological polar surface area (TPSA) is 86.9 Å². The van der Waals surface area contributed by atoms with Crippen molar-refractivity contribution in [2.45, 2.75) is 13.5 Å². The number of fused-ring (bicyclic) bond motifs is 1. The minimum Gasteiger partial charge on any atom is -0.349 e. The number of amides is 2. The van der Waals surface area contributed by atoms with E-state index >= 15 is 0 Å². The van der Waals surface area contributed by atoms with E-state index in [1.807, 2.05) is 55.5 Å². The summed E-state index contributed by atoms with van der Waals surface area (Å²) in [5.74, 6) is -0.569. The molecular formula is C23H20N4O2.